The molecule has 0 spiro atoms. The molecule has 0 saturated carbocycles. The van der Waals surface area contributed by atoms with Crippen LogP contribution in [0.3, 0.4) is 0 Å². The predicted octanol–water partition coefficient (Wildman–Crippen LogP) is 5.07. The van der Waals surface area contributed by atoms with Crippen molar-refractivity contribution in [3.63, 3.8) is 0 Å². The Morgan fingerprint density at radius 1 is 1.27 bits per heavy atom. The van der Waals surface area contributed by atoms with E-state index in [-0.39, 0.29) is 12.0 Å². The van der Waals surface area contributed by atoms with E-state index in [1.54, 1.807) is 6.07 Å². The lowest BCUT2D eigenvalue weighted by molar-refractivity contribution is -0.109. The molecule has 0 aromatic heterocycles. The van der Waals surface area contributed by atoms with Gasteiger partial charge >= 0.3 is 0 Å². The third-order valence-corrected chi connectivity index (χ3v) is 8.47. The maximum Gasteiger partial charge on any atom is 0.134 e. The quantitative estimate of drug-likeness (QED) is 0.328. The smallest absolute Gasteiger partial charge is 0.134 e. The molecule has 8 heteroatoms. The topological polar surface area (TPSA) is 91.4 Å². The summed E-state index contributed by atoms with van der Waals surface area (Å²) in [6.45, 7) is 7.92. The van der Waals surface area contributed by atoms with Gasteiger partial charge in [-0.2, -0.15) is 0 Å². The summed E-state index contributed by atoms with van der Waals surface area (Å²) in [6.07, 6.45) is 10.1. The van der Waals surface area contributed by atoms with Crippen molar-refractivity contribution in [2.75, 3.05) is 38.5 Å². The number of anilines is 1. The lowest BCUT2D eigenvalue weighted by atomic mass is 9.83. The van der Waals surface area contributed by atoms with Crippen molar-refractivity contribution >= 4 is 34.9 Å². The van der Waals surface area contributed by atoms with Crippen molar-refractivity contribution in [1.82, 2.24) is 9.80 Å². The second-order valence-electron chi connectivity index (χ2n) is 11.5. The molecule has 0 amide bonds. The molecule has 3 aliphatic heterocycles. The standard InChI is InChI=1S/C32H39ClN4O3/c1-32(2,39)23-8-10-31-28(17-23)26(27-5-3-12-35-30(27)21-40-31)6-4-13-36-14-11-25(20-36)37(15-16-38)19-22-7-9-24(33)18-29(22)34/h3,6-10,12,16-18,25,27,39H,4-5,11,13-15,19-21,34H2,1-2H3/b26-6+/t25-,27?/m1/s1. The van der Waals surface area contributed by atoms with Gasteiger partial charge < -0.3 is 25.3 Å². The van der Waals surface area contributed by atoms with Crippen LogP contribution in [0.5, 0.6) is 5.75 Å². The van der Waals surface area contributed by atoms with E-state index in [0.717, 1.165) is 73.3 Å². The number of aliphatic hydroxyl groups is 1. The van der Waals surface area contributed by atoms with E-state index in [0.29, 0.717) is 30.4 Å². The molecule has 2 aromatic carbocycles. The summed E-state index contributed by atoms with van der Waals surface area (Å²) in [4.78, 5) is 20.9. The first-order chi connectivity index (χ1) is 19.2. The second-order valence-corrected chi connectivity index (χ2v) is 11.9. The number of nitrogens with zero attached hydrogens (tertiary/aromatic N) is 3. The molecule has 0 radical (unpaired) electrons. The fourth-order valence-electron chi connectivity index (χ4n) is 5.95. The van der Waals surface area contributed by atoms with E-state index in [9.17, 15) is 9.90 Å². The Bertz CT molecular complexity index is 1330. The average molecular weight is 563 g/mol. The summed E-state index contributed by atoms with van der Waals surface area (Å²) in [6, 6.07) is 11.8. The molecule has 5 rings (SSSR count). The SMILES string of the molecule is CC(C)(O)c1ccc2c(c1)/C(=C/CCN1CC[C@@H](N(CC=O)Cc3ccc(Cl)cc3N)C1)C1CC=CN=C1CO2. The van der Waals surface area contributed by atoms with Gasteiger partial charge in [0.05, 0.1) is 17.9 Å². The van der Waals surface area contributed by atoms with Crippen molar-refractivity contribution in [2.45, 2.75) is 51.3 Å². The Kier molecular flexibility index (Phi) is 8.76. The fraction of sp³-hybridized carbons (Fsp3) is 0.438. The number of carbonyl (C=O) groups is 1. The summed E-state index contributed by atoms with van der Waals surface area (Å²) >= 11 is 6.08. The van der Waals surface area contributed by atoms with Crippen LogP contribution in [-0.4, -0.2) is 65.7 Å². The molecule has 0 bridgehead atoms. The van der Waals surface area contributed by atoms with E-state index >= 15 is 0 Å². The highest BCUT2D eigenvalue weighted by Crippen LogP contribution is 2.40. The monoisotopic (exact) mass is 562 g/mol. The van der Waals surface area contributed by atoms with Gasteiger partial charge in [-0.25, -0.2) is 0 Å². The first-order valence-corrected chi connectivity index (χ1v) is 14.5. The van der Waals surface area contributed by atoms with Crippen LogP contribution < -0.4 is 10.5 Å². The Hall–Kier alpha value is -2.97. The van der Waals surface area contributed by atoms with Crippen molar-refractivity contribution in [3.05, 3.63) is 76.5 Å². The zero-order valence-corrected chi connectivity index (χ0v) is 24.1. The fourth-order valence-corrected chi connectivity index (χ4v) is 6.13. The number of hydrogen-bond donors (Lipinski definition) is 2. The number of halogens is 1. The number of allylic oxidation sites excluding steroid dienone is 2. The zero-order chi connectivity index (χ0) is 28.3. The number of carbonyl (C=O) groups excluding carboxylic acids is 1. The first-order valence-electron chi connectivity index (χ1n) is 14.1. The van der Waals surface area contributed by atoms with E-state index < -0.39 is 5.60 Å². The second kappa shape index (κ2) is 12.3. The summed E-state index contributed by atoms with van der Waals surface area (Å²) in [7, 11) is 0. The third kappa shape index (κ3) is 6.50. The number of benzene rings is 2. The van der Waals surface area contributed by atoms with Crippen LogP contribution in [0.1, 0.15) is 49.8 Å². The maximum atomic E-state index is 11.5. The molecule has 2 atom stereocenters. The van der Waals surface area contributed by atoms with Gasteiger partial charge in [-0.1, -0.05) is 35.9 Å². The summed E-state index contributed by atoms with van der Waals surface area (Å²) in [5.41, 5.74) is 11.1. The zero-order valence-electron chi connectivity index (χ0n) is 23.4. The number of aldehydes is 1. The molecule has 3 N–H and O–H groups in total. The van der Waals surface area contributed by atoms with Gasteiger partial charge in [0.25, 0.3) is 0 Å². The molecule has 40 heavy (non-hydrogen) atoms. The highest BCUT2D eigenvalue weighted by atomic mass is 35.5. The van der Waals surface area contributed by atoms with Crippen LogP contribution in [0.2, 0.25) is 5.02 Å². The van der Waals surface area contributed by atoms with Gasteiger partial charge in [0, 0.05) is 54.1 Å². The van der Waals surface area contributed by atoms with Crippen LogP contribution >= 0.6 is 11.6 Å². The van der Waals surface area contributed by atoms with Crippen LogP contribution in [0.15, 0.2) is 59.7 Å². The summed E-state index contributed by atoms with van der Waals surface area (Å²) in [5, 5.41) is 11.3. The molecule has 3 aliphatic rings. The lowest BCUT2D eigenvalue weighted by Crippen LogP contribution is -2.38. The van der Waals surface area contributed by atoms with Crippen molar-refractivity contribution in [2.24, 2.45) is 10.9 Å². The van der Waals surface area contributed by atoms with Crippen molar-refractivity contribution in [3.8, 4) is 5.75 Å². The molecule has 1 unspecified atom stereocenters. The van der Waals surface area contributed by atoms with Crippen LogP contribution in [0.25, 0.3) is 5.57 Å². The average Bonchev–Trinajstić information content (AvgIpc) is 3.33. The van der Waals surface area contributed by atoms with E-state index in [2.05, 4.69) is 33.0 Å². The lowest BCUT2D eigenvalue weighted by Gasteiger charge is -2.28. The largest absolute Gasteiger partial charge is 0.487 e. The number of likely N-dealkylation sites (tertiary alicyclic amines) is 1. The molecule has 212 valence electrons. The highest BCUT2D eigenvalue weighted by molar-refractivity contribution is 6.30. The van der Waals surface area contributed by atoms with Gasteiger partial charge in [-0.15, -0.1) is 0 Å². The van der Waals surface area contributed by atoms with Gasteiger partial charge in [0.2, 0.25) is 0 Å². The normalized spacial score (nSPS) is 22.0. The van der Waals surface area contributed by atoms with Crippen molar-refractivity contribution < 1.29 is 14.6 Å². The number of nitrogens with two attached hydrogens (primary N) is 1. The number of rotatable bonds is 9. The first kappa shape index (κ1) is 28.6. The van der Waals surface area contributed by atoms with Gasteiger partial charge in [-0.05, 0) is 80.6 Å². The molecule has 0 aliphatic carbocycles. The Morgan fingerprint density at radius 3 is 2.90 bits per heavy atom. The van der Waals surface area contributed by atoms with Crippen LogP contribution in [0, 0.1) is 5.92 Å². The van der Waals surface area contributed by atoms with E-state index in [4.69, 9.17) is 22.1 Å². The molecular formula is C32H39ClN4O3. The number of hydrogen-bond acceptors (Lipinski definition) is 7. The maximum absolute atomic E-state index is 11.5. The van der Waals surface area contributed by atoms with Crippen molar-refractivity contribution in [1.29, 1.82) is 0 Å². The minimum absolute atomic E-state index is 0.169. The van der Waals surface area contributed by atoms with Crippen LogP contribution in [0.4, 0.5) is 5.69 Å². The number of fused-ring (bicyclic) bond motifs is 2. The molecule has 2 aromatic rings. The Labute approximate surface area is 242 Å². The van der Waals surface area contributed by atoms with E-state index in [1.165, 1.54) is 5.57 Å². The predicted molar refractivity (Wildman–Crippen MR) is 162 cm³/mol. The highest BCUT2D eigenvalue weighted by Gasteiger charge is 2.31. The number of ether oxygens (including phenoxy) is 1. The van der Waals surface area contributed by atoms with Crippen LogP contribution in [-0.2, 0) is 16.9 Å². The summed E-state index contributed by atoms with van der Waals surface area (Å²) < 4.78 is 6.17. The summed E-state index contributed by atoms with van der Waals surface area (Å²) in [5.74, 6) is 1.01. The minimum atomic E-state index is -0.940. The molecule has 7 nitrogen and oxygen atoms in total. The van der Waals surface area contributed by atoms with Gasteiger partial charge in [-0.3, -0.25) is 9.89 Å². The number of aliphatic imine (C=N–C) groups is 1. The molecule has 1 fully saturated rings. The third-order valence-electron chi connectivity index (χ3n) is 8.23. The Balaban J connectivity index is 1.30. The molecular weight excluding hydrogens is 524 g/mol. The van der Waals surface area contributed by atoms with E-state index in [1.807, 2.05) is 44.3 Å². The van der Waals surface area contributed by atoms with Gasteiger partial charge in [0.15, 0.2) is 0 Å². The molecule has 1 saturated heterocycles. The Morgan fingerprint density at radius 2 is 2.12 bits per heavy atom. The molecule has 3 heterocycles. The number of nitrogen functional groups attached to an aromatic ring is 1. The minimum Gasteiger partial charge on any atom is -0.487 e. The van der Waals surface area contributed by atoms with Gasteiger partial charge in [0.1, 0.15) is 18.6 Å².